The third kappa shape index (κ3) is 1.41. The fourth-order valence-corrected chi connectivity index (χ4v) is 2.16. The molecule has 1 aliphatic heterocycles. The zero-order chi connectivity index (χ0) is 11.2. The third-order valence-corrected chi connectivity index (χ3v) is 2.95. The highest BCUT2D eigenvalue weighted by Crippen LogP contribution is 2.24. The van der Waals surface area contributed by atoms with Crippen molar-refractivity contribution in [1.29, 1.82) is 5.41 Å². The second-order valence-corrected chi connectivity index (χ2v) is 4.39. The van der Waals surface area contributed by atoms with E-state index in [1.807, 2.05) is 0 Å². The van der Waals surface area contributed by atoms with Crippen LogP contribution in [0.25, 0.3) is 0 Å². The van der Waals surface area contributed by atoms with E-state index in [-0.39, 0.29) is 22.1 Å². The lowest BCUT2D eigenvalue weighted by Crippen LogP contribution is -2.12. The summed E-state index contributed by atoms with van der Waals surface area (Å²) in [5, 5.41) is 7.44. The summed E-state index contributed by atoms with van der Waals surface area (Å²) in [5.41, 5.74) is 5.89. The van der Waals surface area contributed by atoms with Crippen molar-refractivity contribution < 1.29 is 13.0 Å². The molecule has 78 valence electrons. The minimum Gasteiger partial charge on any atom is -0.383 e. The highest BCUT2D eigenvalue weighted by molar-refractivity contribution is 7.86. The number of benzene rings is 1. The Balaban J connectivity index is 2.82. The largest absolute Gasteiger partial charge is 0.383 e. The molecule has 2 rings (SSSR count). The van der Waals surface area contributed by atoms with E-state index in [1.54, 1.807) is 6.07 Å². The topological polar surface area (TPSA) is 117 Å². The molecule has 6 nitrogen and oxygen atoms in total. The Morgan fingerprint density at radius 3 is 2.67 bits per heavy atom. The van der Waals surface area contributed by atoms with Crippen molar-refractivity contribution in [3.8, 4) is 0 Å². The molecular weight excluding hydrogens is 218 g/mol. The van der Waals surface area contributed by atoms with Gasteiger partial charge in [-0.1, -0.05) is 12.1 Å². The summed E-state index contributed by atoms with van der Waals surface area (Å²) in [5.74, 6) is -0.170. The maximum Gasteiger partial charge on any atom is 0.295 e. The number of aliphatic imine (C=N–C) groups is 1. The van der Waals surface area contributed by atoms with Crippen LogP contribution in [0.15, 0.2) is 28.1 Å². The Hall–Kier alpha value is -1.73. The van der Waals surface area contributed by atoms with Gasteiger partial charge in [-0.25, -0.2) is 4.99 Å². The quantitative estimate of drug-likeness (QED) is 0.582. The van der Waals surface area contributed by atoms with Crippen molar-refractivity contribution in [2.75, 3.05) is 0 Å². The Kier molecular flexibility index (Phi) is 1.88. The van der Waals surface area contributed by atoms with Crippen LogP contribution in [0.5, 0.6) is 0 Å². The first-order valence-corrected chi connectivity index (χ1v) is 5.39. The van der Waals surface area contributed by atoms with E-state index in [9.17, 15) is 8.42 Å². The zero-order valence-corrected chi connectivity index (χ0v) is 8.25. The van der Waals surface area contributed by atoms with E-state index in [2.05, 4.69) is 4.99 Å². The van der Waals surface area contributed by atoms with Gasteiger partial charge in [0.1, 0.15) is 10.7 Å². The molecule has 0 atom stereocenters. The number of nitrogens with one attached hydrogen (secondary N) is 1. The van der Waals surface area contributed by atoms with Crippen molar-refractivity contribution in [3.05, 3.63) is 29.3 Å². The van der Waals surface area contributed by atoms with Crippen LogP contribution in [0.2, 0.25) is 0 Å². The van der Waals surface area contributed by atoms with E-state index in [4.69, 9.17) is 15.7 Å². The summed E-state index contributed by atoms with van der Waals surface area (Å²) in [6, 6.07) is 4.18. The van der Waals surface area contributed by atoms with Crippen LogP contribution in [0.3, 0.4) is 0 Å². The Morgan fingerprint density at radius 1 is 1.40 bits per heavy atom. The first-order valence-electron chi connectivity index (χ1n) is 3.95. The summed E-state index contributed by atoms with van der Waals surface area (Å²) in [4.78, 5) is 3.29. The second kappa shape index (κ2) is 2.88. The van der Waals surface area contributed by atoms with Crippen molar-refractivity contribution in [3.63, 3.8) is 0 Å². The lowest BCUT2D eigenvalue weighted by molar-refractivity contribution is 0.483. The molecule has 0 fully saturated rings. The van der Waals surface area contributed by atoms with Crippen LogP contribution < -0.4 is 5.73 Å². The van der Waals surface area contributed by atoms with Gasteiger partial charge < -0.3 is 5.73 Å². The molecule has 0 aliphatic carbocycles. The van der Waals surface area contributed by atoms with Gasteiger partial charge in [0.25, 0.3) is 10.1 Å². The fraction of sp³-hybridized carbons (Fsp3) is 0. The van der Waals surface area contributed by atoms with Crippen LogP contribution in [0, 0.1) is 5.41 Å². The maximum atomic E-state index is 11.0. The van der Waals surface area contributed by atoms with E-state index < -0.39 is 10.1 Å². The zero-order valence-electron chi connectivity index (χ0n) is 7.43. The van der Waals surface area contributed by atoms with Gasteiger partial charge in [-0.3, -0.25) is 9.96 Å². The van der Waals surface area contributed by atoms with Gasteiger partial charge in [0, 0.05) is 5.56 Å². The average molecular weight is 225 g/mol. The van der Waals surface area contributed by atoms with E-state index >= 15 is 0 Å². The molecule has 0 saturated carbocycles. The van der Waals surface area contributed by atoms with Gasteiger partial charge in [-0.15, -0.1) is 0 Å². The number of hydrogen-bond acceptors (Lipinski definition) is 4. The van der Waals surface area contributed by atoms with Gasteiger partial charge in [-0.2, -0.15) is 8.42 Å². The molecule has 1 aromatic rings. The van der Waals surface area contributed by atoms with E-state index in [0.29, 0.717) is 5.56 Å². The summed E-state index contributed by atoms with van der Waals surface area (Å²) < 4.78 is 31.0. The van der Waals surface area contributed by atoms with Gasteiger partial charge >= 0.3 is 0 Å². The summed E-state index contributed by atoms with van der Waals surface area (Å²) in [6.07, 6.45) is 0. The van der Waals surface area contributed by atoms with Crippen molar-refractivity contribution in [2.45, 2.75) is 4.90 Å². The third-order valence-electron chi connectivity index (χ3n) is 2.05. The van der Waals surface area contributed by atoms with Crippen LogP contribution in [-0.4, -0.2) is 24.6 Å². The van der Waals surface area contributed by atoms with Gasteiger partial charge in [0.15, 0.2) is 5.84 Å². The van der Waals surface area contributed by atoms with Crippen LogP contribution in [-0.2, 0) is 10.1 Å². The lowest BCUT2D eigenvalue weighted by Gasteiger charge is -2.03. The molecule has 7 heteroatoms. The molecule has 0 aromatic heterocycles. The summed E-state index contributed by atoms with van der Waals surface area (Å²) >= 11 is 0. The average Bonchev–Trinajstić information content (AvgIpc) is 2.41. The van der Waals surface area contributed by atoms with Gasteiger partial charge in [0.2, 0.25) is 0 Å². The first kappa shape index (κ1) is 9.81. The Labute approximate surface area is 85.7 Å². The predicted octanol–water partition coefficient (Wildman–Crippen LogP) is -0.0224. The van der Waals surface area contributed by atoms with E-state index in [0.717, 1.165) is 0 Å². The molecule has 0 amide bonds. The van der Waals surface area contributed by atoms with Crippen molar-refractivity contribution in [1.82, 2.24) is 0 Å². The van der Waals surface area contributed by atoms with Gasteiger partial charge in [-0.05, 0) is 6.07 Å². The first-order chi connectivity index (χ1) is 6.91. The molecule has 1 aromatic carbocycles. The highest BCUT2D eigenvalue weighted by atomic mass is 32.2. The molecular formula is C8H7N3O3S. The number of nitrogens with two attached hydrogens (primary N) is 1. The smallest absolute Gasteiger partial charge is 0.295 e. The molecule has 0 radical (unpaired) electrons. The molecule has 0 spiro atoms. The second-order valence-electron chi connectivity index (χ2n) is 3.00. The minimum absolute atomic E-state index is 0.0532. The van der Waals surface area contributed by atoms with Crippen molar-refractivity contribution >= 4 is 21.8 Å². The molecule has 4 N–H and O–H groups in total. The van der Waals surface area contributed by atoms with Crippen LogP contribution in [0.4, 0.5) is 0 Å². The highest BCUT2D eigenvalue weighted by Gasteiger charge is 2.26. The SMILES string of the molecule is N=C1N=C(N)c2cccc(S(=O)(=O)O)c21. The summed E-state index contributed by atoms with van der Waals surface area (Å²) in [6.45, 7) is 0. The number of amidine groups is 2. The maximum absolute atomic E-state index is 11.0. The number of rotatable bonds is 1. The Bertz CT molecular complexity index is 589. The molecule has 0 bridgehead atoms. The normalized spacial score (nSPS) is 15.0. The Morgan fingerprint density at radius 2 is 2.07 bits per heavy atom. The van der Waals surface area contributed by atoms with Crippen LogP contribution in [0.1, 0.15) is 11.1 Å². The van der Waals surface area contributed by atoms with Crippen molar-refractivity contribution in [2.24, 2.45) is 10.7 Å². The summed E-state index contributed by atoms with van der Waals surface area (Å²) in [7, 11) is -4.35. The fourth-order valence-electron chi connectivity index (χ4n) is 1.44. The van der Waals surface area contributed by atoms with Gasteiger partial charge in [0.05, 0.1) is 5.56 Å². The number of nitrogens with zero attached hydrogens (tertiary/aromatic N) is 1. The van der Waals surface area contributed by atoms with Crippen LogP contribution >= 0.6 is 0 Å². The monoisotopic (exact) mass is 225 g/mol. The molecule has 1 aliphatic rings. The standard InChI is InChI=1S/C8H7N3O3S/c9-7-4-2-1-3-5(15(12,13)14)6(4)8(10)11-7/h1-3H,(H3,9,10,11)(H,12,13,14). The minimum atomic E-state index is -4.35. The molecule has 1 heterocycles. The predicted molar refractivity (Wildman–Crippen MR) is 53.8 cm³/mol. The molecule has 15 heavy (non-hydrogen) atoms. The molecule has 0 saturated heterocycles. The number of fused-ring (bicyclic) bond motifs is 1. The van der Waals surface area contributed by atoms with E-state index in [1.165, 1.54) is 12.1 Å². The molecule has 0 unspecified atom stereocenters. The number of hydrogen-bond donors (Lipinski definition) is 3. The lowest BCUT2D eigenvalue weighted by atomic mass is 10.1.